The molecule has 4 N–H and O–H groups in total. The first-order valence-electron chi connectivity index (χ1n) is 13.0. The van der Waals surface area contributed by atoms with Crippen LogP contribution in [-0.4, -0.2) is 116 Å². The molecule has 2 saturated heterocycles. The fraction of sp³-hybridized carbons (Fsp3) is 0.615. The maximum Gasteiger partial charge on any atom is 0.471 e. The number of hydrogen-bond donors (Lipinski definition) is 4. The molecule has 0 unspecified atom stereocenters. The van der Waals surface area contributed by atoms with Crippen LogP contribution in [0.4, 0.5) is 22.6 Å². The van der Waals surface area contributed by atoms with Gasteiger partial charge < -0.3 is 26.2 Å². The predicted octanol–water partition coefficient (Wildman–Crippen LogP) is 0.281. The van der Waals surface area contributed by atoms with Crippen LogP contribution in [0.15, 0.2) is 18.5 Å². The van der Waals surface area contributed by atoms with Crippen LogP contribution in [0.5, 0.6) is 0 Å². The number of aryl methyl sites for hydroxylation is 1. The third kappa shape index (κ3) is 37.4. The minimum Gasteiger partial charge on any atom is -0.359 e. The van der Waals surface area contributed by atoms with Crippen LogP contribution >= 0.6 is 0 Å². The largest absolute Gasteiger partial charge is 0.471 e. The summed E-state index contributed by atoms with van der Waals surface area (Å²) in [5, 5.41) is 12.4. The van der Waals surface area contributed by atoms with E-state index < -0.39 is 12.1 Å². The lowest BCUT2D eigenvalue weighted by Crippen LogP contribution is -2.33. The number of likely N-dealkylation sites (tertiary alicyclic amines) is 2. The second-order valence-corrected chi connectivity index (χ2v) is 8.44. The Hall–Kier alpha value is -4.65. The van der Waals surface area contributed by atoms with Crippen LogP contribution < -0.4 is 21.3 Å². The van der Waals surface area contributed by atoms with Crippen LogP contribution in [0.2, 0.25) is 0 Å². The van der Waals surface area contributed by atoms with Gasteiger partial charge in [0.25, 0.3) is 0 Å². The highest BCUT2D eigenvalue weighted by Crippen LogP contribution is 2.13. The number of nitrogens with zero attached hydrogens (tertiary/aromatic N) is 4. The van der Waals surface area contributed by atoms with Crippen molar-refractivity contribution in [3.05, 3.63) is 18.5 Å². The molecule has 3 heterocycles. The topological polar surface area (TPSA) is 192 Å². The Balaban J connectivity index is -0.000000102. The third-order valence-electron chi connectivity index (χ3n) is 4.79. The highest BCUT2D eigenvalue weighted by atomic mass is 19.4. The van der Waals surface area contributed by atoms with Crippen LogP contribution in [0.25, 0.3) is 0 Å². The van der Waals surface area contributed by atoms with Crippen LogP contribution in [0.1, 0.15) is 46.5 Å². The molecule has 1 aromatic rings. The number of halogens is 5. The summed E-state index contributed by atoms with van der Waals surface area (Å²) in [5.74, 6) is -1.73. The summed E-state index contributed by atoms with van der Waals surface area (Å²) in [6, 6.07) is 1.89. The molecule has 7 amide bonds. The Morgan fingerprint density at radius 2 is 1.09 bits per heavy atom. The van der Waals surface area contributed by atoms with E-state index in [1.807, 2.05) is 26.4 Å². The molecule has 2 aliphatic rings. The fourth-order valence-electron chi connectivity index (χ4n) is 1.96. The first-order valence-corrected chi connectivity index (χ1v) is 13.0. The predicted molar refractivity (Wildman–Crippen MR) is 161 cm³/mol. The van der Waals surface area contributed by atoms with Gasteiger partial charge in [0.1, 0.15) is 0 Å². The van der Waals surface area contributed by atoms with E-state index in [1.165, 1.54) is 38.0 Å². The Kier molecular flexibility index (Phi) is 37.2. The van der Waals surface area contributed by atoms with E-state index in [9.17, 15) is 46.7 Å². The Bertz CT molecular complexity index is 962. The van der Waals surface area contributed by atoms with E-state index >= 15 is 0 Å². The molecule has 2 aliphatic heterocycles. The first kappa shape index (κ1) is 53.9. The standard InChI is InChI=1S/C5H7NO2.C5H9NO.C4H6N2.C3H4F3NO.3C3H7NO.2FH/c1-6-4(7)2-3-5(6)8;1-6-4-2-3-5(6)7;1-6-4-2-3-5-6;1-7-2(8)3(4,5)6;3*1-3(5)4-2;;/h2-3H2,1H3;2-4H2,1H3;2-4H,1H3;1H3,(H,7,8);3*1-2H3,(H,4,5);2*1H. The van der Waals surface area contributed by atoms with Gasteiger partial charge in [-0.3, -0.25) is 52.6 Å². The number of imide groups is 1. The fourth-order valence-corrected chi connectivity index (χ4v) is 1.96. The van der Waals surface area contributed by atoms with E-state index in [0.717, 1.165) is 26.4 Å². The van der Waals surface area contributed by atoms with Crippen molar-refractivity contribution in [2.75, 3.05) is 48.8 Å². The Labute approximate surface area is 265 Å². The lowest BCUT2D eigenvalue weighted by molar-refractivity contribution is -0.173. The summed E-state index contributed by atoms with van der Waals surface area (Å²) in [4.78, 5) is 73.1. The van der Waals surface area contributed by atoms with E-state index in [0.29, 0.717) is 18.7 Å². The molecule has 20 heteroatoms. The number of amides is 7. The van der Waals surface area contributed by atoms with Crippen molar-refractivity contribution < 1.29 is 56.1 Å². The van der Waals surface area contributed by atoms with Gasteiger partial charge in [-0.15, -0.1) is 0 Å². The first-order chi connectivity index (χ1) is 20.2. The van der Waals surface area contributed by atoms with Gasteiger partial charge in [-0.25, -0.2) is 0 Å². The van der Waals surface area contributed by atoms with Gasteiger partial charge >= 0.3 is 12.1 Å². The number of carbonyl (C=O) groups excluding carboxylic acids is 7. The lowest BCUT2D eigenvalue weighted by Gasteiger charge is -2.03. The Morgan fingerprint density at radius 1 is 0.717 bits per heavy atom. The maximum atomic E-state index is 11.0. The van der Waals surface area contributed by atoms with Crippen molar-refractivity contribution in [2.45, 2.75) is 52.6 Å². The SMILES string of the molecule is CN1C(=O)CCC1=O.CN1CCCC1=O.CNC(=O)C(F)(F)F.CNC(C)=O.CNC(C)=O.CNC(C)=O.Cn1cccn1.F.F. The molecule has 0 atom stereocenters. The molecule has 0 spiro atoms. The molecule has 0 saturated carbocycles. The average molecular weight is 681 g/mol. The average Bonchev–Trinajstić information content (AvgIpc) is 3.68. The van der Waals surface area contributed by atoms with E-state index in [4.69, 9.17) is 0 Å². The lowest BCUT2D eigenvalue weighted by atomic mass is 10.4. The van der Waals surface area contributed by atoms with Crippen molar-refractivity contribution in [2.24, 2.45) is 7.05 Å². The van der Waals surface area contributed by atoms with Crippen LogP contribution in [0, 0.1) is 0 Å². The third-order valence-corrected chi connectivity index (χ3v) is 4.79. The normalized spacial score (nSPS) is 12.1. The molecule has 0 radical (unpaired) electrons. The van der Waals surface area contributed by atoms with Crippen LogP contribution in [-0.2, 0) is 40.6 Å². The molecule has 0 aliphatic carbocycles. The molecule has 0 aromatic carbocycles. The zero-order valence-corrected chi connectivity index (χ0v) is 27.9. The number of rotatable bonds is 0. The molecular formula is C26H49F5N8O7. The monoisotopic (exact) mass is 680 g/mol. The zero-order valence-electron chi connectivity index (χ0n) is 27.9. The summed E-state index contributed by atoms with van der Waals surface area (Å²) >= 11 is 0. The van der Waals surface area contributed by atoms with Crippen molar-refractivity contribution in [3.63, 3.8) is 0 Å². The number of aromatic nitrogens is 2. The van der Waals surface area contributed by atoms with E-state index in [1.54, 1.807) is 36.9 Å². The van der Waals surface area contributed by atoms with Gasteiger partial charge in [-0.2, -0.15) is 18.3 Å². The number of hydrogen-bond acceptors (Lipinski definition) is 8. The van der Waals surface area contributed by atoms with Crippen LogP contribution in [0.3, 0.4) is 0 Å². The summed E-state index contributed by atoms with van der Waals surface area (Å²) < 4.78 is 34.9. The van der Waals surface area contributed by atoms with Gasteiger partial charge in [-0.1, -0.05) is 0 Å². The summed E-state index contributed by atoms with van der Waals surface area (Å²) in [5.41, 5.74) is 0. The molecule has 2 fully saturated rings. The summed E-state index contributed by atoms with van der Waals surface area (Å²) in [7, 11) is 11.0. The molecular weight excluding hydrogens is 631 g/mol. The van der Waals surface area contributed by atoms with Gasteiger partial charge in [-0.05, 0) is 12.5 Å². The minimum atomic E-state index is -4.74. The highest BCUT2D eigenvalue weighted by Gasteiger charge is 2.37. The van der Waals surface area contributed by atoms with Crippen molar-refractivity contribution >= 4 is 41.4 Å². The van der Waals surface area contributed by atoms with E-state index in [-0.39, 0.29) is 38.9 Å². The molecule has 270 valence electrons. The second kappa shape index (κ2) is 31.8. The summed E-state index contributed by atoms with van der Waals surface area (Å²) in [6.45, 7) is 5.37. The molecule has 15 nitrogen and oxygen atoms in total. The quantitative estimate of drug-likeness (QED) is 0.222. The Morgan fingerprint density at radius 3 is 1.15 bits per heavy atom. The molecule has 3 rings (SSSR count). The maximum absolute atomic E-state index is 11.0. The number of carbonyl (C=O) groups is 7. The van der Waals surface area contributed by atoms with Gasteiger partial charge in [0.05, 0.1) is 0 Å². The van der Waals surface area contributed by atoms with Crippen molar-refractivity contribution in [1.29, 1.82) is 0 Å². The van der Waals surface area contributed by atoms with Crippen molar-refractivity contribution in [1.82, 2.24) is 40.8 Å². The molecule has 0 bridgehead atoms. The van der Waals surface area contributed by atoms with Gasteiger partial charge in [0, 0.05) is 108 Å². The second-order valence-electron chi connectivity index (χ2n) is 8.44. The summed E-state index contributed by atoms with van der Waals surface area (Å²) in [6.07, 6.45) is 1.51. The van der Waals surface area contributed by atoms with E-state index in [2.05, 4.69) is 21.0 Å². The number of alkyl halides is 3. The smallest absolute Gasteiger partial charge is 0.359 e. The number of nitrogens with one attached hydrogen (secondary N) is 4. The molecule has 46 heavy (non-hydrogen) atoms. The molecule has 1 aromatic heterocycles. The van der Waals surface area contributed by atoms with Crippen molar-refractivity contribution in [3.8, 4) is 0 Å². The minimum absolute atomic E-state index is 0. The van der Waals surface area contributed by atoms with Gasteiger partial charge in [0.15, 0.2) is 0 Å². The van der Waals surface area contributed by atoms with Gasteiger partial charge in [0.2, 0.25) is 35.4 Å². The highest BCUT2D eigenvalue weighted by molar-refractivity contribution is 6.01. The zero-order chi connectivity index (χ0) is 35.5.